The summed E-state index contributed by atoms with van der Waals surface area (Å²) in [7, 11) is 0. The Bertz CT molecular complexity index is 542. The molecule has 0 saturated heterocycles. The fourth-order valence-corrected chi connectivity index (χ4v) is 2.19. The molecule has 0 spiro atoms. The molecular weight excluding hydrogens is 275 g/mol. The number of rotatable bonds is 2. The molecule has 0 aromatic heterocycles. The Kier molecular flexibility index (Phi) is 4.11. The summed E-state index contributed by atoms with van der Waals surface area (Å²) in [5, 5.41) is 1.37. The lowest BCUT2D eigenvalue weighted by Crippen LogP contribution is -1.88. The van der Waals surface area contributed by atoms with Crippen LogP contribution >= 0.6 is 34.8 Å². The average Bonchev–Trinajstić information content (AvgIpc) is 2.35. The molecule has 0 aliphatic heterocycles. The molecule has 0 atom stereocenters. The van der Waals surface area contributed by atoms with E-state index in [2.05, 4.69) is 0 Å². The summed E-state index contributed by atoms with van der Waals surface area (Å²) in [6, 6.07) is 15.1. The second-order valence-electron chi connectivity index (χ2n) is 3.51. The highest BCUT2D eigenvalue weighted by molar-refractivity contribution is 6.34. The molecule has 0 fully saturated rings. The van der Waals surface area contributed by atoms with Crippen LogP contribution in [0.2, 0.25) is 10.0 Å². The summed E-state index contributed by atoms with van der Waals surface area (Å²) < 4.78 is 0. The predicted octanol–water partition coefficient (Wildman–Crippen LogP) is 5.62. The molecule has 17 heavy (non-hydrogen) atoms. The topological polar surface area (TPSA) is 0 Å². The molecule has 0 N–H and O–H groups in total. The van der Waals surface area contributed by atoms with Crippen LogP contribution in [-0.2, 0) is 0 Å². The van der Waals surface area contributed by atoms with Crippen molar-refractivity contribution in [2.75, 3.05) is 0 Å². The molecular formula is C14H9Cl3. The molecule has 0 aliphatic rings. The van der Waals surface area contributed by atoms with E-state index in [1.165, 1.54) is 5.54 Å². The molecule has 0 nitrogen and oxygen atoms in total. The van der Waals surface area contributed by atoms with Gasteiger partial charge in [-0.3, -0.25) is 0 Å². The lowest BCUT2D eigenvalue weighted by molar-refractivity contribution is 1.55. The second kappa shape index (κ2) is 5.59. The summed E-state index contributed by atoms with van der Waals surface area (Å²) in [5.41, 5.74) is 4.31. The average molecular weight is 284 g/mol. The van der Waals surface area contributed by atoms with Gasteiger partial charge in [0.15, 0.2) is 0 Å². The number of halogens is 3. The minimum atomic E-state index is 0.675. The van der Waals surface area contributed by atoms with Crippen molar-refractivity contribution in [3.8, 4) is 0 Å². The first-order valence-corrected chi connectivity index (χ1v) is 6.23. The number of hydrogen-bond donors (Lipinski definition) is 0. The Morgan fingerprint density at radius 3 is 2.12 bits per heavy atom. The van der Waals surface area contributed by atoms with Gasteiger partial charge < -0.3 is 0 Å². The maximum Gasteiger partial charge on any atom is 0.0484 e. The Balaban J connectivity index is 2.49. The van der Waals surface area contributed by atoms with E-state index in [1.54, 1.807) is 0 Å². The van der Waals surface area contributed by atoms with Gasteiger partial charge in [-0.2, -0.15) is 0 Å². The van der Waals surface area contributed by atoms with Crippen LogP contribution in [-0.4, -0.2) is 0 Å². The normalized spacial score (nSPS) is 11.6. The Morgan fingerprint density at radius 2 is 1.53 bits per heavy atom. The van der Waals surface area contributed by atoms with Crippen LogP contribution in [0, 0.1) is 0 Å². The predicted molar refractivity (Wildman–Crippen MR) is 75.8 cm³/mol. The fraction of sp³-hybridized carbons (Fsp3) is 0. The van der Waals surface area contributed by atoms with Crippen molar-refractivity contribution in [3.05, 3.63) is 75.2 Å². The number of hydrogen-bond acceptors (Lipinski definition) is 0. The van der Waals surface area contributed by atoms with Gasteiger partial charge in [0, 0.05) is 26.7 Å². The van der Waals surface area contributed by atoms with Crippen molar-refractivity contribution in [3.63, 3.8) is 0 Å². The molecule has 0 radical (unpaired) electrons. The summed E-state index contributed by atoms with van der Waals surface area (Å²) in [6.45, 7) is 0. The first kappa shape index (κ1) is 12.5. The van der Waals surface area contributed by atoms with Crippen molar-refractivity contribution in [2.24, 2.45) is 0 Å². The van der Waals surface area contributed by atoms with E-state index in [-0.39, 0.29) is 0 Å². The molecule has 0 bridgehead atoms. The molecule has 0 heterocycles. The van der Waals surface area contributed by atoms with Crippen molar-refractivity contribution in [2.45, 2.75) is 0 Å². The van der Waals surface area contributed by atoms with E-state index in [0.717, 1.165) is 16.7 Å². The Labute approximate surface area is 115 Å². The minimum Gasteiger partial charge on any atom is -0.0923 e. The SMILES string of the molecule is Cl/C=C(/c1ccc(Cl)cc1)c1ccccc1Cl. The maximum atomic E-state index is 6.15. The molecule has 2 aromatic rings. The third-order valence-electron chi connectivity index (χ3n) is 2.43. The highest BCUT2D eigenvalue weighted by atomic mass is 35.5. The lowest BCUT2D eigenvalue weighted by Gasteiger charge is -2.09. The smallest absolute Gasteiger partial charge is 0.0484 e. The van der Waals surface area contributed by atoms with E-state index in [9.17, 15) is 0 Å². The third kappa shape index (κ3) is 2.84. The zero-order valence-electron chi connectivity index (χ0n) is 8.83. The van der Waals surface area contributed by atoms with Gasteiger partial charge in [0.25, 0.3) is 0 Å². The van der Waals surface area contributed by atoms with Gasteiger partial charge in [0.05, 0.1) is 0 Å². The molecule has 0 amide bonds. The van der Waals surface area contributed by atoms with Crippen LogP contribution in [0.1, 0.15) is 11.1 Å². The highest BCUT2D eigenvalue weighted by Gasteiger charge is 2.07. The van der Waals surface area contributed by atoms with Gasteiger partial charge in [0.2, 0.25) is 0 Å². The molecule has 2 rings (SSSR count). The number of benzene rings is 2. The minimum absolute atomic E-state index is 0.675. The van der Waals surface area contributed by atoms with Gasteiger partial charge in [-0.25, -0.2) is 0 Å². The standard InChI is InChI=1S/C14H9Cl3/c15-9-13(10-5-7-11(16)8-6-10)12-3-1-2-4-14(12)17/h1-9H/b13-9-. The maximum absolute atomic E-state index is 6.15. The summed E-state index contributed by atoms with van der Waals surface area (Å²) in [4.78, 5) is 0. The van der Waals surface area contributed by atoms with Gasteiger partial charge in [-0.15, -0.1) is 0 Å². The first-order valence-electron chi connectivity index (χ1n) is 5.03. The van der Waals surface area contributed by atoms with Crippen LogP contribution in [0.5, 0.6) is 0 Å². The molecule has 0 unspecified atom stereocenters. The molecule has 2 aromatic carbocycles. The molecule has 3 heteroatoms. The highest BCUT2D eigenvalue weighted by Crippen LogP contribution is 2.30. The summed E-state index contributed by atoms with van der Waals surface area (Å²) >= 11 is 17.9. The Hall–Kier alpha value is -0.950. The molecule has 86 valence electrons. The fourth-order valence-electron chi connectivity index (χ4n) is 1.59. The van der Waals surface area contributed by atoms with Crippen molar-refractivity contribution >= 4 is 40.4 Å². The lowest BCUT2D eigenvalue weighted by atomic mass is 10.00. The second-order valence-corrected chi connectivity index (χ2v) is 4.57. The van der Waals surface area contributed by atoms with Crippen LogP contribution in [0.3, 0.4) is 0 Å². The largest absolute Gasteiger partial charge is 0.0923 e. The zero-order valence-corrected chi connectivity index (χ0v) is 11.1. The summed E-state index contributed by atoms with van der Waals surface area (Å²) in [6.07, 6.45) is 0. The quantitative estimate of drug-likeness (QED) is 0.671. The third-order valence-corrected chi connectivity index (χ3v) is 3.23. The van der Waals surface area contributed by atoms with E-state index >= 15 is 0 Å². The van der Waals surface area contributed by atoms with Crippen LogP contribution < -0.4 is 0 Å². The van der Waals surface area contributed by atoms with E-state index in [4.69, 9.17) is 34.8 Å². The van der Waals surface area contributed by atoms with Crippen LogP contribution in [0.15, 0.2) is 54.1 Å². The van der Waals surface area contributed by atoms with Crippen LogP contribution in [0.25, 0.3) is 5.57 Å². The zero-order chi connectivity index (χ0) is 12.3. The van der Waals surface area contributed by atoms with Crippen molar-refractivity contribution in [1.29, 1.82) is 0 Å². The van der Waals surface area contributed by atoms with Gasteiger partial charge >= 0.3 is 0 Å². The van der Waals surface area contributed by atoms with Gasteiger partial charge in [-0.05, 0) is 23.8 Å². The summed E-state index contributed by atoms with van der Waals surface area (Å²) in [5.74, 6) is 0. The van der Waals surface area contributed by atoms with Crippen LogP contribution in [0.4, 0.5) is 0 Å². The molecule has 0 aliphatic carbocycles. The first-order chi connectivity index (χ1) is 8.22. The van der Waals surface area contributed by atoms with Crippen molar-refractivity contribution < 1.29 is 0 Å². The van der Waals surface area contributed by atoms with Crippen molar-refractivity contribution in [1.82, 2.24) is 0 Å². The van der Waals surface area contributed by atoms with Gasteiger partial charge in [-0.1, -0.05) is 65.1 Å². The van der Waals surface area contributed by atoms with E-state index < -0.39 is 0 Å². The van der Waals surface area contributed by atoms with E-state index in [0.29, 0.717) is 10.0 Å². The van der Waals surface area contributed by atoms with E-state index in [1.807, 2.05) is 48.5 Å². The Morgan fingerprint density at radius 1 is 0.882 bits per heavy atom. The molecule has 0 saturated carbocycles. The monoisotopic (exact) mass is 282 g/mol. The van der Waals surface area contributed by atoms with Gasteiger partial charge in [0.1, 0.15) is 0 Å².